The van der Waals surface area contributed by atoms with Gasteiger partial charge in [-0.3, -0.25) is 9.69 Å². The molecule has 1 saturated carbocycles. The summed E-state index contributed by atoms with van der Waals surface area (Å²) in [5, 5.41) is 9.15. The zero-order valence-electron chi connectivity index (χ0n) is 12.1. The van der Waals surface area contributed by atoms with Crippen LogP contribution in [0.3, 0.4) is 0 Å². The Morgan fingerprint density at radius 3 is 2.86 bits per heavy atom. The van der Waals surface area contributed by atoms with Crippen LogP contribution in [0.2, 0.25) is 0 Å². The van der Waals surface area contributed by atoms with Crippen molar-refractivity contribution in [3.05, 3.63) is 29.3 Å². The highest BCUT2D eigenvalue weighted by Gasteiger charge is 2.38. The van der Waals surface area contributed by atoms with Crippen LogP contribution >= 0.6 is 0 Å². The molecule has 3 aliphatic rings. The molecular formula is C17H19N3O. The first-order chi connectivity index (χ1) is 10.3. The Hall–Kier alpha value is -2.02. The van der Waals surface area contributed by atoms with Gasteiger partial charge < -0.3 is 4.90 Å². The monoisotopic (exact) mass is 281 g/mol. The summed E-state index contributed by atoms with van der Waals surface area (Å²) in [4.78, 5) is 16.4. The van der Waals surface area contributed by atoms with Crippen molar-refractivity contribution in [2.24, 2.45) is 0 Å². The van der Waals surface area contributed by atoms with Crippen molar-refractivity contribution in [1.29, 1.82) is 5.26 Å². The van der Waals surface area contributed by atoms with Crippen LogP contribution in [0, 0.1) is 11.5 Å². The molecule has 4 nitrogen and oxygen atoms in total. The summed E-state index contributed by atoms with van der Waals surface area (Å²) in [7, 11) is 0. The number of hydrogen-bond acceptors (Lipinski definition) is 3. The van der Waals surface area contributed by atoms with Gasteiger partial charge in [-0.15, -0.1) is 0 Å². The molecule has 1 atom stereocenters. The highest BCUT2D eigenvalue weighted by Crippen LogP contribution is 2.45. The van der Waals surface area contributed by atoms with Crippen LogP contribution < -0.4 is 4.90 Å². The topological polar surface area (TPSA) is 47.3 Å². The minimum atomic E-state index is -0.245. The number of nitriles is 1. The van der Waals surface area contributed by atoms with Crippen molar-refractivity contribution in [3.63, 3.8) is 0 Å². The predicted molar refractivity (Wildman–Crippen MR) is 79.8 cm³/mol. The molecule has 2 aliphatic heterocycles. The number of likely N-dealkylation sites (tertiary alicyclic amines) is 1. The zero-order chi connectivity index (χ0) is 14.4. The molecular weight excluding hydrogens is 262 g/mol. The third-order valence-corrected chi connectivity index (χ3v) is 5.01. The van der Waals surface area contributed by atoms with Crippen molar-refractivity contribution in [1.82, 2.24) is 4.90 Å². The normalized spacial score (nSPS) is 24.0. The molecule has 0 bridgehead atoms. The third kappa shape index (κ3) is 1.99. The Labute approximate surface area is 125 Å². The molecule has 2 heterocycles. The molecule has 4 rings (SSSR count). The number of carbonyl (C=O) groups excluding carboxylic acids is 1. The van der Waals surface area contributed by atoms with E-state index in [1.165, 1.54) is 24.0 Å². The van der Waals surface area contributed by atoms with Gasteiger partial charge in [-0.05, 0) is 55.2 Å². The van der Waals surface area contributed by atoms with E-state index < -0.39 is 0 Å². The van der Waals surface area contributed by atoms with E-state index in [0.29, 0.717) is 0 Å². The molecule has 1 aromatic carbocycles. The van der Waals surface area contributed by atoms with Gasteiger partial charge in [-0.25, -0.2) is 0 Å². The number of hydrogen-bond donors (Lipinski definition) is 0. The molecule has 0 aromatic heterocycles. The molecule has 1 saturated heterocycles. The Balaban J connectivity index is 1.63. The van der Waals surface area contributed by atoms with Gasteiger partial charge in [-0.1, -0.05) is 12.1 Å². The van der Waals surface area contributed by atoms with Gasteiger partial charge in [0.05, 0.1) is 0 Å². The summed E-state index contributed by atoms with van der Waals surface area (Å²) in [5.41, 5.74) is 3.91. The van der Waals surface area contributed by atoms with Crippen LogP contribution in [-0.2, 0) is 11.2 Å². The van der Waals surface area contributed by atoms with Gasteiger partial charge in [0.2, 0.25) is 5.91 Å². The standard InChI is InChI=1S/C17H19N3O/c18-11-19-9-2-5-16(19)17(21)20-10-8-14-13(12-6-7-12)3-1-4-15(14)20/h1,3-4,12,16H,2,5-10H2. The smallest absolute Gasteiger partial charge is 0.250 e. The highest BCUT2D eigenvalue weighted by molar-refractivity contribution is 5.99. The van der Waals surface area contributed by atoms with Crippen LogP contribution in [-0.4, -0.2) is 29.9 Å². The first-order valence-electron chi connectivity index (χ1n) is 7.89. The maximum atomic E-state index is 12.8. The number of nitrogens with zero attached hydrogens (tertiary/aromatic N) is 3. The summed E-state index contributed by atoms with van der Waals surface area (Å²) in [5.74, 6) is 0.831. The van der Waals surface area contributed by atoms with Gasteiger partial charge in [0.15, 0.2) is 6.19 Å². The predicted octanol–water partition coefficient (Wildman–Crippen LogP) is 2.40. The quantitative estimate of drug-likeness (QED) is 0.782. The van der Waals surface area contributed by atoms with Crippen molar-refractivity contribution >= 4 is 11.6 Å². The molecule has 2 fully saturated rings. The lowest BCUT2D eigenvalue weighted by Crippen LogP contribution is -2.43. The number of fused-ring (bicyclic) bond motifs is 1. The van der Waals surface area contributed by atoms with Crippen molar-refractivity contribution in [2.75, 3.05) is 18.0 Å². The Morgan fingerprint density at radius 2 is 2.10 bits per heavy atom. The maximum Gasteiger partial charge on any atom is 0.250 e. The van der Waals surface area contributed by atoms with E-state index >= 15 is 0 Å². The second-order valence-electron chi connectivity index (χ2n) is 6.31. The highest BCUT2D eigenvalue weighted by atomic mass is 16.2. The second-order valence-corrected chi connectivity index (χ2v) is 6.31. The summed E-state index contributed by atoms with van der Waals surface area (Å²) in [6.07, 6.45) is 7.45. The fourth-order valence-electron chi connectivity index (χ4n) is 3.79. The first kappa shape index (κ1) is 12.7. The average Bonchev–Trinajstić information content (AvgIpc) is 3.09. The second kappa shape index (κ2) is 4.77. The van der Waals surface area contributed by atoms with Gasteiger partial charge in [-0.2, -0.15) is 5.26 Å². The molecule has 1 unspecified atom stereocenters. The lowest BCUT2D eigenvalue weighted by atomic mass is 10.0. The summed E-state index contributed by atoms with van der Waals surface area (Å²) >= 11 is 0. The van der Waals surface area contributed by atoms with Crippen LogP contribution in [0.5, 0.6) is 0 Å². The molecule has 4 heteroatoms. The molecule has 0 spiro atoms. The Bertz CT molecular complexity index is 629. The van der Waals surface area contributed by atoms with E-state index in [0.717, 1.165) is 44.0 Å². The van der Waals surface area contributed by atoms with E-state index in [9.17, 15) is 4.79 Å². The largest absolute Gasteiger partial charge is 0.310 e. The molecule has 21 heavy (non-hydrogen) atoms. The zero-order valence-corrected chi connectivity index (χ0v) is 12.1. The van der Waals surface area contributed by atoms with Crippen molar-refractivity contribution in [2.45, 2.75) is 44.1 Å². The third-order valence-electron chi connectivity index (χ3n) is 5.01. The van der Waals surface area contributed by atoms with Crippen LogP contribution in [0.15, 0.2) is 18.2 Å². The van der Waals surface area contributed by atoms with E-state index in [4.69, 9.17) is 5.26 Å². The fraction of sp³-hybridized carbons (Fsp3) is 0.529. The number of carbonyl (C=O) groups is 1. The Morgan fingerprint density at radius 1 is 1.24 bits per heavy atom. The van der Waals surface area contributed by atoms with E-state index in [-0.39, 0.29) is 11.9 Å². The maximum absolute atomic E-state index is 12.8. The number of rotatable bonds is 2. The Kier molecular flexibility index (Phi) is 2.88. The van der Waals surface area contributed by atoms with E-state index in [2.05, 4.69) is 24.4 Å². The lowest BCUT2D eigenvalue weighted by molar-refractivity contribution is -0.121. The van der Waals surface area contributed by atoms with Crippen LogP contribution in [0.25, 0.3) is 0 Å². The SMILES string of the molecule is N#CN1CCCC1C(=O)N1CCc2c(C3CC3)cccc21. The minimum absolute atomic E-state index is 0.112. The van der Waals surface area contributed by atoms with Crippen molar-refractivity contribution in [3.8, 4) is 6.19 Å². The van der Waals surface area contributed by atoms with Gasteiger partial charge in [0.25, 0.3) is 0 Å². The van der Waals surface area contributed by atoms with Crippen LogP contribution in [0.1, 0.15) is 42.7 Å². The number of benzene rings is 1. The minimum Gasteiger partial charge on any atom is -0.310 e. The molecule has 0 radical (unpaired) electrons. The van der Waals surface area contributed by atoms with Gasteiger partial charge in [0, 0.05) is 18.8 Å². The summed E-state index contributed by atoms with van der Waals surface area (Å²) in [6, 6.07) is 6.12. The van der Waals surface area contributed by atoms with Crippen molar-refractivity contribution < 1.29 is 4.79 Å². The summed E-state index contributed by atoms with van der Waals surface area (Å²) < 4.78 is 0. The van der Waals surface area contributed by atoms with E-state index in [1.54, 1.807) is 4.90 Å². The molecule has 0 N–H and O–H groups in total. The summed E-state index contributed by atoms with van der Waals surface area (Å²) in [6.45, 7) is 1.49. The first-order valence-corrected chi connectivity index (χ1v) is 7.89. The lowest BCUT2D eigenvalue weighted by Gasteiger charge is -2.25. The fourth-order valence-corrected chi connectivity index (χ4v) is 3.79. The van der Waals surface area contributed by atoms with Gasteiger partial charge >= 0.3 is 0 Å². The van der Waals surface area contributed by atoms with Crippen LogP contribution in [0.4, 0.5) is 5.69 Å². The molecule has 1 aliphatic carbocycles. The molecule has 1 aromatic rings. The average molecular weight is 281 g/mol. The molecule has 108 valence electrons. The van der Waals surface area contributed by atoms with E-state index in [1.807, 2.05) is 4.90 Å². The number of anilines is 1. The van der Waals surface area contributed by atoms with Gasteiger partial charge in [0.1, 0.15) is 6.04 Å². The number of amides is 1. The molecule has 1 amide bonds.